The largest absolute Gasteiger partial charge is 0.336 e. The van der Waals surface area contributed by atoms with E-state index < -0.39 is 0 Å². The number of benzene rings is 2. The fraction of sp³-hybridized carbons (Fsp3) is 0.208. The van der Waals surface area contributed by atoms with Crippen molar-refractivity contribution in [1.29, 1.82) is 0 Å². The van der Waals surface area contributed by atoms with Gasteiger partial charge in [-0.3, -0.25) is 9.78 Å². The SMILES string of the molecule is Cc1nc2ccccc2n1CC(=O)N(CCc1ccccn1)Cc1ccccc1. The Bertz CT molecular complexity index is 1090. The van der Waals surface area contributed by atoms with Crippen molar-refractivity contribution < 1.29 is 4.79 Å². The van der Waals surface area contributed by atoms with Crippen molar-refractivity contribution in [3.05, 3.63) is 96.1 Å². The van der Waals surface area contributed by atoms with Crippen LogP contribution in [0.15, 0.2) is 79.0 Å². The number of fused-ring (bicyclic) bond motifs is 1. The molecule has 0 atom stereocenters. The first kappa shape index (κ1) is 18.9. The quantitative estimate of drug-likeness (QED) is 0.484. The van der Waals surface area contributed by atoms with E-state index in [9.17, 15) is 4.79 Å². The van der Waals surface area contributed by atoms with Crippen molar-refractivity contribution >= 4 is 16.9 Å². The molecular formula is C24H24N4O. The minimum absolute atomic E-state index is 0.0797. The van der Waals surface area contributed by atoms with Crippen LogP contribution in [0.4, 0.5) is 0 Å². The molecule has 2 aromatic carbocycles. The van der Waals surface area contributed by atoms with E-state index in [4.69, 9.17) is 0 Å². The summed E-state index contributed by atoms with van der Waals surface area (Å²) in [6.07, 6.45) is 2.52. The Morgan fingerprint density at radius 1 is 0.966 bits per heavy atom. The van der Waals surface area contributed by atoms with E-state index in [0.29, 0.717) is 13.1 Å². The van der Waals surface area contributed by atoms with Gasteiger partial charge in [-0.1, -0.05) is 48.5 Å². The summed E-state index contributed by atoms with van der Waals surface area (Å²) in [5.41, 5.74) is 4.01. The van der Waals surface area contributed by atoms with Crippen LogP contribution in [0.1, 0.15) is 17.1 Å². The number of hydrogen-bond donors (Lipinski definition) is 0. The van der Waals surface area contributed by atoms with E-state index in [0.717, 1.165) is 34.5 Å². The number of para-hydroxylation sites is 2. The van der Waals surface area contributed by atoms with Crippen LogP contribution in [0.2, 0.25) is 0 Å². The normalized spacial score (nSPS) is 10.9. The number of aromatic nitrogens is 3. The lowest BCUT2D eigenvalue weighted by Gasteiger charge is -2.23. The molecule has 5 nitrogen and oxygen atoms in total. The lowest BCUT2D eigenvalue weighted by Crippen LogP contribution is -2.35. The molecule has 5 heteroatoms. The van der Waals surface area contributed by atoms with Gasteiger partial charge in [0.05, 0.1) is 11.0 Å². The Balaban J connectivity index is 1.55. The molecule has 0 unspecified atom stereocenters. The van der Waals surface area contributed by atoms with Crippen molar-refractivity contribution in [3.8, 4) is 0 Å². The predicted octanol–water partition coefficient (Wildman–Crippen LogP) is 4.01. The summed E-state index contributed by atoms with van der Waals surface area (Å²) >= 11 is 0. The van der Waals surface area contributed by atoms with Crippen molar-refractivity contribution in [2.45, 2.75) is 26.4 Å². The number of aryl methyl sites for hydroxylation is 1. The molecule has 0 aliphatic carbocycles. The van der Waals surface area contributed by atoms with Gasteiger partial charge in [0, 0.05) is 31.4 Å². The second kappa shape index (κ2) is 8.69. The van der Waals surface area contributed by atoms with E-state index in [1.807, 2.05) is 77.1 Å². The summed E-state index contributed by atoms with van der Waals surface area (Å²) in [5, 5.41) is 0. The van der Waals surface area contributed by atoms with Crippen LogP contribution in [0.3, 0.4) is 0 Å². The van der Waals surface area contributed by atoms with Crippen LogP contribution in [-0.2, 0) is 24.3 Å². The standard InChI is InChI=1S/C24H24N4O/c1-19-26-22-12-5-6-13-23(22)28(19)18-24(29)27(17-20-9-3-2-4-10-20)16-14-21-11-7-8-15-25-21/h2-13,15H,14,16-18H2,1H3. The highest BCUT2D eigenvalue weighted by atomic mass is 16.2. The number of imidazole rings is 1. The Morgan fingerprint density at radius 2 is 1.72 bits per heavy atom. The molecule has 29 heavy (non-hydrogen) atoms. The van der Waals surface area contributed by atoms with E-state index in [1.165, 1.54) is 0 Å². The summed E-state index contributed by atoms with van der Waals surface area (Å²) in [5.74, 6) is 0.931. The van der Waals surface area contributed by atoms with E-state index in [2.05, 4.69) is 22.1 Å². The first-order chi connectivity index (χ1) is 14.2. The van der Waals surface area contributed by atoms with Gasteiger partial charge < -0.3 is 9.47 Å². The molecular weight excluding hydrogens is 360 g/mol. The number of pyridine rings is 1. The second-order valence-electron chi connectivity index (χ2n) is 7.11. The average Bonchev–Trinajstić information content (AvgIpc) is 3.07. The Labute approximate surface area is 170 Å². The van der Waals surface area contributed by atoms with Gasteiger partial charge in [-0.25, -0.2) is 4.98 Å². The lowest BCUT2D eigenvalue weighted by atomic mass is 10.2. The summed E-state index contributed by atoms with van der Waals surface area (Å²) in [6, 6.07) is 23.9. The van der Waals surface area contributed by atoms with Crippen LogP contribution in [0.5, 0.6) is 0 Å². The highest BCUT2D eigenvalue weighted by molar-refractivity contribution is 5.81. The zero-order chi connectivity index (χ0) is 20.1. The van der Waals surface area contributed by atoms with E-state index in [-0.39, 0.29) is 12.5 Å². The Kier molecular flexibility index (Phi) is 5.66. The van der Waals surface area contributed by atoms with Crippen LogP contribution in [0, 0.1) is 6.92 Å². The molecule has 0 fully saturated rings. The van der Waals surface area contributed by atoms with Gasteiger partial charge >= 0.3 is 0 Å². The maximum atomic E-state index is 13.3. The molecule has 0 saturated carbocycles. The third-order valence-electron chi connectivity index (χ3n) is 5.07. The summed E-state index contributed by atoms with van der Waals surface area (Å²) in [4.78, 5) is 24.2. The first-order valence-corrected chi connectivity index (χ1v) is 9.84. The maximum absolute atomic E-state index is 13.3. The van der Waals surface area contributed by atoms with Gasteiger partial charge in [-0.15, -0.1) is 0 Å². The van der Waals surface area contributed by atoms with Gasteiger partial charge in [0.15, 0.2) is 0 Å². The molecule has 2 aromatic heterocycles. The summed E-state index contributed by atoms with van der Waals surface area (Å²) in [7, 11) is 0. The van der Waals surface area contributed by atoms with Crippen molar-refractivity contribution in [2.75, 3.05) is 6.54 Å². The fourth-order valence-electron chi connectivity index (χ4n) is 3.52. The van der Waals surface area contributed by atoms with Gasteiger partial charge in [-0.2, -0.15) is 0 Å². The van der Waals surface area contributed by atoms with Crippen molar-refractivity contribution in [1.82, 2.24) is 19.4 Å². The topological polar surface area (TPSA) is 51.0 Å². The number of rotatable bonds is 7. The van der Waals surface area contributed by atoms with Gasteiger partial charge in [0.1, 0.15) is 12.4 Å². The Hall–Kier alpha value is -3.47. The molecule has 0 aliphatic rings. The molecule has 0 bridgehead atoms. The number of nitrogens with zero attached hydrogens (tertiary/aromatic N) is 4. The van der Waals surface area contributed by atoms with Gasteiger partial charge in [-0.05, 0) is 36.8 Å². The molecule has 0 N–H and O–H groups in total. The molecule has 0 spiro atoms. The highest BCUT2D eigenvalue weighted by Gasteiger charge is 2.17. The van der Waals surface area contributed by atoms with E-state index in [1.54, 1.807) is 6.20 Å². The molecule has 1 amide bonds. The van der Waals surface area contributed by atoms with Crippen LogP contribution in [0.25, 0.3) is 11.0 Å². The van der Waals surface area contributed by atoms with Gasteiger partial charge in [0.2, 0.25) is 5.91 Å². The molecule has 146 valence electrons. The van der Waals surface area contributed by atoms with Gasteiger partial charge in [0.25, 0.3) is 0 Å². The van der Waals surface area contributed by atoms with Crippen LogP contribution in [-0.4, -0.2) is 31.9 Å². The molecule has 4 aromatic rings. The lowest BCUT2D eigenvalue weighted by molar-refractivity contribution is -0.132. The molecule has 0 aliphatic heterocycles. The zero-order valence-corrected chi connectivity index (χ0v) is 16.5. The third-order valence-corrected chi connectivity index (χ3v) is 5.07. The molecule has 0 radical (unpaired) electrons. The highest BCUT2D eigenvalue weighted by Crippen LogP contribution is 2.16. The minimum Gasteiger partial charge on any atom is -0.336 e. The second-order valence-corrected chi connectivity index (χ2v) is 7.11. The van der Waals surface area contributed by atoms with Crippen molar-refractivity contribution in [2.24, 2.45) is 0 Å². The monoisotopic (exact) mass is 384 g/mol. The fourth-order valence-corrected chi connectivity index (χ4v) is 3.52. The number of amides is 1. The summed E-state index contributed by atoms with van der Waals surface area (Å²) in [6.45, 7) is 3.43. The van der Waals surface area contributed by atoms with Crippen molar-refractivity contribution in [3.63, 3.8) is 0 Å². The number of hydrogen-bond acceptors (Lipinski definition) is 3. The predicted molar refractivity (Wildman–Crippen MR) is 114 cm³/mol. The van der Waals surface area contributed by atoms with Crippen LogP contribution >= 0.6 is 0 Å². The molecule has 2 heterocycles. The minimum atomic E-state index is 0.0797. The first-order valence-electron chi connectivity index (χ1n) is 9.84. The molecule has 0 saturated heterocycles. The smallest absolute Gasteiger partial charge is 0.242 e. The maximum Gasteiger partial charge on any atom is 0.242 e. The van der Waals surface area contributed by atoms with E-state index >= 15 is 0 Å². The Morgan fingerprint density at radius 3 is 2.52 bits per heavy atom. The number of carbonyl (C=O) groups is 1. The summed E-state index contributed by atoms with van der Waals surface area (Å²) < 4.78 is 2.00. The average molecular weight is 384 g/mol. The molecule has 4 rings (SSSR count). The zero-order valence-electron chi connectivity index (χ0n) is 16.5. The third kappa shape index (κ3) is 4.51. The number of carbonyl (C=O) groups excluding carboxylic acids is 1. The van der Waals surface area contributed by atoms with Crippen LogP contribution < -0.4 is 0 Å².